The first-order chi connectivity index (χ1) is 10.5. The maximum absolute atomic E-state index is 5.84. The van der Waals surface area contributed by atoms with E-state index in [-0.39, 0.29) is 5.60 Å². The van der Waals surface area contributed by atoms with Crippen LogP contribution in [0, 0.1) is 19.3 Å². The average molecular weight is 316 g/mol. The van der Waals surface area contributed by atoms with Crippen LogP contribution in [-0.4, -0.2) is 28.2 Å². The number of rotatable bonds is 4. The molecule has 0 unspecified atom stereocenters. The summed E-state index contributed by atoms with van der Waals surface area (Å²) in [7, 11) is 0. The van der Waals surface area contributed by atoms with Crippen molar-refractivity contribution < 1.29 is 9.15 Å². The van der Waals surface area contributed by atoms with Crippen molar-refractivity contribution in [2.75, 3.05) is 12.4 Å². The Bertz CT molecular complexity index is 719. The number of thioether (sulfide) groups is 1. The molecular weight excluding hydrogens is 296 g/mol. The third kappa shape index (κ3) is 2.36. The number of aromatic nitrogens is 2. The Morgan fingerprint density at radius 1 is 1.23 bits per heavy atom. The highest BCUT2D eigenvalue weighted by Gasteiger charge is 2.59. The van der Waals surface area contributed by atoms with E-state index in [2.05, 4.69) is 43.1 Å². The van der Waals surface area contributed by atoms with Gasteiger partial charge in [-0.25, -0.2) is 0 Å². The molecule has 1 aliphatic carbocycles. The molecule has 1 aromatic heterocycles. The van der Waals surface area contributed by atoms with Gasteiger partial charge in [-0.2, -0.15) is 0 Å². The Labute approximate surface area is 134 Å². The van der Waals surface area contributed by atoms with Crippen molar-refractivity contribution >= 4 is 11.8 Å². The predicted octanol–water partition coefficient (Wildman–Crippen LogP) is 4.01. The minimum atomic E-state index is 0.138. The lowest BCUT2D eigenvalue weighted by Crippen LogP contribution is -2.43. The van der Waals surface area contributed by atoms with Crippen LogP contribution in [0.4, 0.5) is 0 Å². The van der Waals surface area contributed by atoms with E-state index < -0.39 is 0 Å². The van der Waals surface area contributed by atoms with E-state index in [0.29, 0.717) is 16.5 Å². The summed E-state index contributed by atoms with van der Waals surface area (Å²) >= 11 is 1.66. The third-order valence-electron chi connectivity index (χ3n) is 4.75. The molecule has 116 valence electrons. The molecule has 2 aromatic rings. The van der Waals surface area contributed by atoms with Gasteiger partial charge in [-0.15, -0.1) is 10.2 Å². The molecule has 0 radical (unpaired) electrons. The lowest BCUT2D eigenvalue weighted by molar-refractivity contribution is 0.00794. The van der Waals surface area contributed by atoms with Crippen molar-refractivity contribution in [2.45, 2.75) is 44.4 Å². The van der Waals surface area contributed by atoms with Gasteiger partial charge in [0.05, 0.1) is 12.2 Å². The number of nitrogens with zero attached hydrogens (tertiary/aromatic N) is 2. The molecular formula is C17H20N2O2S. The molecule has 5 rings (SSSR count). The lowest BCUT2D eigenvalue weighted by Gasteiger charge is -2.41. The standard InChI is InChI=1S/C17H20N2O2S/c1-11-4-5-13(12(2)6-11)14-18-19-15(21-14)22-10-17-7-16(3,8-17)20-9-17/h4-6H,7-10H2,1-3H3. The second-order valence-corrected chi connectivity index (χ2v) is 8.00. The zero-order valence-corrected chi connectivity index (χ0v) is 14.0. The maximum Gasteiger partial charge on any atom is 0.276 e. The van der Waals surface area contributed by atoms with Crippen molar-refractivity contribution in [3.05, 3.63) is 29.3 Å². The molecule has 2 aliphatic heterocycles. The fraction of sp³-hybridized carbons (Fsp3) is 0.529. The molecule has 0 amide bonds. The Balaban J connectivity index is 1.46. The minimum Gasteiger partial charge on any atom is -0.411 e. The third-order valence-corrected chi connectivity index (χ3v) is 5.91. The van der Waals surface area contributed by atoms with E-state index in [1.807, 2.05) is 6.07 Å². The number of aryl methyl sites for hydroxylation is 2. The summed E-state index contributed by atoms with van der Waals surface area (Å²) in [4.78, 5) is 0. The van der Waals surface area contributed by atoms with Gasteiger partial charge >= 0.3 is 0 Å². The van der Waals surface area contributed by atoms with Crippen molar-refractivity contribution in [1.82, 2.24) is 10.2 Å². The molecule has 1 aromatic carbocycles. The van der Waals surface area contributed by atoms with Gasteiger partial charge in [0.1, 0.15) is 0 Å². The van der Waals surface area contributed by atoms with Crippen LogP contribution in [0.3, 0.4) is 0 Å². The number of hydrogen-bond donors (Lipinski definition) is 0. The zero-order chi connectivity index (χ0) is 15.4. The van der Waals surface area contributed by atoms with Crippen LogP contribution in [0.5, 0.6) is 0 Å². The monoisotopic (exact) mass is 316 g/mol. The van der Waals surface area contributed by atoms with Gasteiger partial charge in [0.15, 0.2) is 0 Å². The Morgan fingerprint density at radius 3 is 2.73 bits per heavy atom. The summed E-state index contributed by atoms with van der Waals surface area (Å²) in [5.74, 6) is 1.61. The van der Waals surface area contributed by atoms with Crippen LogP contribution in [0.2, 0.25) is 0 Å². The number of fused-ring (bicyclic) bond motifs is 1. The summed E-state index contributed by atoms with van der Waals surface area (Å²) in [5, 5.41) is 9.05. The lowest BCUT2D eigenvalue weighted by atomic mass is 9.64. The van der Waals surface area contributed by atoms with Gasteiger partial charge in [0.2, 0.25) is 5.89 Å². The van der Waals surface area contributed by atoms with Gasteiger partial charge < -0.3 is 9.15 Å². The smallest absolute Gasteiger partial charge is 0.276 e. The van der Waals surface area contributed by atoms with Crippen molar-refractivity contribution in [2.24, 2.45) is 5.41 Å². The molecule has 1 saturated carbocycles. The molecule has 4 nitrogen and oxygen atoms in total. The van der Waals surface area contributed by atoms with Crippen LogP contribution < -0.4 is 0 Å². The van der Waals surface area contributed by atoms with Crippen LogP contribution in [-0.2, 0) is 4.74 Å². The maximum atomic E-state index is 5.84. The minimum absolute atomic E-state index is 0.138. The van der Waals surface area contributed by atoms with Gasteiger partial charge in [0.25, 0.3) is 5.22 Å². The highest BCUT2D eigenvalue weighted by Crippen LogP contribution is 2.59. The van der Waals surface area contributed by atoms with Crippen LogP contribution in [0.1, 0.15) is 30.9 Å². The molecule has 2 bridgehead atoms. The summed E-state index contributed by atoms with van der Waals surface area (Å²) < 4.78 is 11.7. The first-order valence-corrected chi connectivity index (χ1v) is 8.64. The fourth-order valence-electron chi connectivity index (χ4n) is 3.86. The van der Waals surface area contributed by atoms with E-state index in [9.17, 15) is 0 Å². The van der Waals surface area contributed by atoms with E-state index in [0.717, 1.165) is 36.3 Å². The summed E-state index contributed by atoms with van der Waals surface area (Å²) in [6.07, 6.45) is 2.32. The molecule has 0 N–H and O–H groups in total. The molecule has 3 heterocycles. The Kier molecular flexibility index (Phi) is 3.13. The molecule has 0 atom stereocenters. The van der Waals surface area contributed by atoms with E-state index in [1.54, 1.807) is 11.8 Å². The van der Waals surface area contributed by atoms with Gasteiger partial charge in [0, 0.05) is 16.7 Å². The van der Waals surface area contributed by atoms with E-state index >= 15 is 0 Å². The first-order valence-electron chi connectivity index (χ1n) is 7.65. The normalized spacial score (nSPS) is 29.6. The van der Waals surface area contributed by atoms with Crippen LogP contribution >= 0.6 is 11.8 Å². The highest BCUT2D eigenvalue weighted by atomic mass is 32.2. The van der Waals surface area contributed by atoms with Crippen molar-refractivity contribution in [1.29, 1.82) is 0 Å². The quantitative estimate of drug-likeness (QED) is 0.798. The van der Waals surface area contributed by atoms with Crippen molar-refractivity contribution in [3.8, 4) is 11.5 Å². The zero-order valence-electron chi connectivity index (χ0n) is 13.2. The summed E-state index contributed by atoms with van der Waals surface area (Å²) in [6.45, 7) is 7.23. The van der Waals surface area contributed by atoms with Gasteiger partial charge in [-0.3, -0.25) is 0 Å². The molecule has 2 saturated heterocycles. The molecule has 5 heteroatoms. The molecule has 0 spiro atoms. The predicted molar refractivity (Wildman–Crippen MR) is 86.0 cm³/mol. The second-order valence-electron chi connectivity index (χ2n) is 7.07. The fourth-order valence-corrected chi connectivity index (χ4v) is 4.81. The largest absolute Gasteiger partial charge is 0.411 e. The van der Waals surface area contributed by atoms with E-state index in [1.165, 1.54) is 5.56 Å². The summed E-state index contributed by atoms with van der Waals surface area (Å²) in [5.41, 5.74) is 3.89. The SMILES string of the molecule is Cc1ccc(-c2nnc(SCC34COC(C)(C3)C4)o2)c(C)c1. The van der Waals surface area contributed by atoms with E-state index in [4.69, 9.17) is 9.15 Å². The number of ether oxygens (including phenoxy) is 1. The Morgan fingerprint density at radius 2 is 2.05 bits per heavy atom. The van der Waals surface area contributed by atoms with Gasteiger partial charge in [-0.05, 0) is 45.2 Å². The summed E-state index contributed by atoms with van der Waals surface area (Å²) in [6, 6.07) is 6.26. The Hall–Kier alpha value is -1.33. The van der Waals surface area contributed by atoms with Crippen molar-refractivity contribution in [3.63, 3.8) is 0 Å². The molecule has 22 heavy (non-hydrogen) atoms. The molecule has 3 fully saturated rings. The van der Waals surface area contributed by atoms with Gasteiger partial charge in [-0.1, -0.05) is 29.5 Å². The average Bonchev–Trinajstić information content (AvgIpc) is 3.09. The molecule has 3 aliphatic rings. The second kappa shape index (κ2) is 4.83. The number of benzene rings is 1. The van der Waals surface area contributed by atoms with Crippen LogP contribution in [0.25, 0.3) is 11.5 Å². The van der Waals surface area contributed by atoms with Crippen LogP contribution in [0.15, 0.2) is 27.8 Å². The topological polar surface area (TPSA) is 48.2 Å². The number of hydrogen-bond acceptors (Lipinski definition) is 5. The highest BCUT2D eigenvalue weighted by molar-refractivity contribution is 7.99. The first kappa shape index (κ1) is 14.3.